The van der Waals surface area contributed by atoms with Gasteiger partial charge in [-0.05, 0) is 41.3 Å². The molecule has 0 aromatic heterocycles. The lowest BCUT2D eigenvalue weighted by atomic mass is 10.0. The first-order valence-electron chi connectivity index (χ1n) is 7.93. The lowest BCUT2D eigenvalue weighted by molar-refractivity contribution is -0.120. The molecule has 2 heteroatoms. The van der Waals surface area contributed by atoms with Crippen molar-refractivity contribution in [2.45, 2.75) is 26.8 Å². The lowest BCUT2D eigenvalue weighted by Gasteiger charge is -2.10. The molecule has 0 radical (unpaired) electrons. The van der Waals surface area contributed by atoms with Crippen molar-refractivity contribution in [3.8, 4) is 0 Å². The molecule has 0 saturated heterocycles. The van der Waals surface area contributed by atoms with Gasteiger partial charge in [-0.25, -0.2) is 0 Å². The Labute approximate surface area is 137 Å². The van der Waals surface area contributed by atoms with Crippen molar-refractivity contribution in [2.24, 2.45) is 0 Å². The highest BCUT2D eigenvalue weighted by atomic mass is 16.1. The van der Waals surface area contributed by atoms with Crippen LogP contribution in [0.25, 0.3) is 10.8 Å². The molecule has 2 nitrogen and oxygen atoms in total. The van der Waals surface area contributed by atoms with Gasteiger partial charge in [0.1, 0.15) is 0 Å². The lowest BCUT2D eigenvalue weighted by Crippen LogP contribution is -2.25. The first-order valence-corrected chi connectivity index (χ1v) is 7.93. The number of rotatable bonds is 4. The van der Waals surface area contributed by atoms with Gasteiger partial charge in [0.2, 0.25) is 5.91 Å². The molecule has 0 aliphatic rings. The summed E-state index contributed by atoms with van der Waals surface area (Å²) in [6.07, 6.45) is 0.429. The van der Waals surface area contributed by atoms with Gasteiger partial charge in [0.25, 0.3) is 0 Å². The van der Waals surface area contributed by atoms with Crippen molar-refractivity contribution in [3.63, 3.8) is 0 Å². The third-order valence-corrected chi connectivity index (χ3v) is 4.21. The van der Waals surface area contributed by atoms with Crippen LogP contribution >= 0.6 is 0 Å². The molecule has 0 heterocycles. The monoisotopic (exact) mass is 303 g/mol. The molecule has 3 aromatic carbocycles. The Morgan fingerprint density at radius 2 is 1.70 bits per heavy atom. The van der Waals surface area contributed by atoms with Gasteiger partial charge < -0.3 is 5.32 Å². The maximum absolute atomic E-state index is 12.3. The SMILES string of the molecule is Cc1ccc(C)c(CC(=O)NCc2cccc3ccccc23)c1. The average Bonchev–Trinajstić information content (AvgIpc) is 2.56. The van der Waals surface area contributed by atoms with Gasteiger partial charge in [0.15, 0.2) is 0 Å². The van der Waals surface area contributed by atoms with Crippen molar-refractivity contribution in [1.29, 1.82) is 0 Å². The van der Waals surface area contributed by atoms with Crippen molar-refractivity contribution in [2.75, 3.05) is 0 Å². The van der Waals surface area contributed by atoms with Crippen LogP contribution in [0.3, 0.4) is 0 Å². The van der Waals surface area contributed by atoms with E-state index < -0.39 is 0 Å². The number of fused-ring (bicyclic) bond motifs is 1. The summed E-state index contributed by atoms with van der Waals surface area (Å²) in [4.78, 5) is 12.3. The molecular weight excluding hydrogens is 282 g/mol. The first-order chi connectivity index (χ1) is 11.1. The van der Waals surface area contributed by atoms with Crippen LogP contribution in [0.15, 0.2) is 60.7 Å². The van der Waals surface area contributed by atoms with Gasteiger partial charge >= 0.3 is 0 Å². The van der Waals surface area contributed by atoms with Crippen molar-refractivity contribution < 1.29 is 4.79 Å². The Bertz CT molecular complexity index is 846. The fourth-order valence-electron chi connectivity index (χ4n) is 2.87. The molecule has 0 saturated carbocycles. The summed E-state index contributed by atoms with van der Waals surface area (Å²) in [5, 5.41) is 5.45. The van der Waals surface area contributed by atoms with E-state index in [-0.39, 0.29) is 5.91 Å². The molecule has 3 rings (SSSR count). The molecule has 1 amide bonds. The zero-order chi connectivity index (χ0) is 16.2. The second kappa shape index (κ2) is 6.66. The van der Waals surface area contributed by atoms with Gasteiger partial charge in [-0.15, -0.1) is 0 Å². The number of aryl methyl sites for hydroxylation is 2. The number of amides is 1. The van der Waals surface area contributed by atoms with E-state index in [4.69, 9.17) is 0 Å². The van der Waals surface area contributed by atoms with E-state index in [0.29, 0.717) is 13.0 Å². The quantitative estimate of drug-likeness (QED) is 0.764. The number of carbonyl (C=O) groups is 1. The Kier molecular flexibility index (Phi) is 4.42. The molecule has 1 N–H and O–H groups in total. The van der Waals surface area contributed by atoms with Gasteiger partial charge in [-0.1, -0.05) is 66.2 Å². The minimum Gasteiger partial charge on any atom is -0.352 e. The third-order valence-electron chi connectivity index (χ3n) is 4.21. The highest BCUT2D eigenvalue weighted by Gasteiger charge is 2.07. The Balaban J connectivity index is 1.70. The maximum Gasteiger partial charge on any atom is 0.224 e. The van der Waals surface area contributed by atoms with Gasteiger partial charge in [0.05, 0.1) is 6.42 Å². The zero-order valence-electron chi connectivity index (χ0n) is 13.6. The molecule has 0 unspecified atom stereocenters. The van der Waals surface area contributed by atoms with E-state index in [1.54, 1.807) is 0 Å². The number of carbonyl (C=O) groups excluding carboxylic acids is 1. The van der Waals surface area contributed by atoms with Crippen molar-refractivity contribution in [1.82, 2.24) is 5.32 Å². The van der Waals surface area contributed by atoms with Crippen LogP contribution in [0.4, 0.5) is 0 Å². The molecule has 0 spiro atoms. The highest BCUT2D eigenvalue weighted by molar-refractivity contribution is 5.86. The topological polar surface area (TPSA) is 29.1 Å². The van der Waals surface area contributed by atoms with Crippen LogP contribution in [-0.4, -0.2) is 5.91 Å². The largest absolute Gasteiger partial charge is 0.352 e. The number of benzene rings is 3. The van der Waals surface area contributed by atoms with Crippen LogP contribution in [0.2, 0.25) is 0 Å². The van der Waals surface area contributed by atoms with Crippen LogP contribution in [0.1, 0.15) is 22.3 Å². The molecule has 3 aromatic rings. The summed E-state index contributed by atoms with van der Waals surface area (Å²) in [7, 11) is 0. The van der Waals surface area contributed by atoms with E-state index in [0.717, 1.165) is 16.7 Å². The smallest absolute Gasteiger partial charge is 0.224 e. The van der Waals surface area contributed by atoms with Crippen LogP contribution in [0, 0.1) is 13.8 Å². The summed E-state index contributed by atoms with van der Waals surface area (Å²) >= 11 is 0. The van der Waals surface area contributed by atoms with Gasteiger partial charge in [-0.2, -0.15) is 0 Å². The normalized spacial score (nSPS) is 10.7. The molecular formula is C21H21NO. The summed E-state index contributed by atoms with van der Waals surface area (Å²) in [6.45, 7) is 4.66. The Hall–Kier alpha value is -2.61. The molecule has 0 bridgehead atoms. The second-order valence-corrected chi connectivity index (χ2v) is 6.02. The molecule has 116 valence electrons. The van der Waals surface area contributed by atoms with Crippen molar-refractivity contribution in [3.05, 3.63) is 82.9 Å². The third kappa shape index (κ3) is 3.59. The Morgan fingerprint density at radius 1 is 0.913 bits per heavy atom. The van der Waals surface area contributed by atoms with Crippen LogP contribution in [-0.2, 0) is 17.8 Å². The standard InChI is InChI=1S/C21H21NO/c1-15-10-11-16(2)19(12-15)13-21(23)22-14-18-8-5-7-17-6-3-4-9-20(17)18/h3-12H,13-14H2,1-2H3,(H,22,23). The fourth-order valence-corrected chi connectivity index (χ4v) is 2.87. The molecule has 23 heavy (non-hydrogen) atoms. The second-order valence-electron chi connectivity index (χ2n) is 6.02. The number of hydrogen-bond acceptors (Lipinski definition) is 1. The minimum atomic E-state index is 0.0617. The highest BCUT2D eigenvalue weighted by Crippen LogP contribution is 2.18. The minimum absolute atomic E-state index is 0.0617. The van der Waals surface area contributed by atoms with Gasteiger partial charge in [0, 0.05) is 6.54 Å². The maximum atomic E-state index is 12.3. The van der Waals surface area contributed by atoms with Crippen molar-refractivity contribution >= 4 is 16.7 Å². The first kappa shape index (κ1) is 15.3. The van der Waals surface area contributed by atoms with E-state index >= 15 is 0 Å². The summed E-state index contributed by atoms with van der Waals surface area (Å²) in [6, 6.07) is 20.7. The van der Waals surface area contributed by atoms with Crippen LogP contribution < -0.4 is 5.32 Å². The van der Waals surface area contributed by atoms with Gasteiger partial charge in [-0.3, -0.25) is 4.79 Å². The van der Waals surface area contributed by atoms with E-state index in [2.05, 4.69) is 54.7 Å². The predicted molar refractivity (Wildman–Crippen MR) is 95.4 cm³/mol. The average molecular weight is 303 g/mol. The number of nitrogens with one attached hydrogen (secondary N) is 1. The molecule has 0 aliphatic carbocycles. The molecule has 0 fully saturated rings. The summed E-state index contributed by atoms with van der Waals surface area (Å²) in [5.74, 6) is 0.0617. The predicted octanol–water partition coefficient (Wildman–Crippen LogP) is 4.32. The molecule has 0 atom stereocenters. The van der Waals surface area contributed by atoms with E-state index in [1.165, 1.54) is 16.3 Å². The summed E-state index contributed by atoms with van der Waals surface area (Å²) < 4.78 is 0. The number of hydrogen-bond donors (Lipinski definition) is 1. The van der Waals surface area contributed by atoms with E-state index in [9.17, 15) is 4.79 Å². The summed E-state index contributed by atoms with van der Waals surface area (Å²) in [5.41, 5.74) is 4.60. The Morgan fingerprint density at radius 3 is 2.57 bits per heavy atom. The fraction of sp³-hybridized carbons (Fsp3) is 0.190. The van der Waals surface area contributed by atoms with E-state index in [1.807, 2.05) is 25.1 Å². The molecule has 0 aliphatic heterocycles. The zero-order valence-corrected chi connectivity index (χ0v) is 13.6. The van der Waals surface area contributed by atoms with Crippen LogP contribution in [0.5, 0.6) is 0 Å².